The lowest BCUT2D eigenvalue weighted by atomic mass is 9.55. The van der Waals surface area contributed by atoms with Gasteiger partial charge in [-0.3, -0.25) is 0 Å². The molecule has 6 atom stereocenters. The van der Waals surface area contributed by atoms with Crippen LogP contribution in [0.15, 0.2) is 78.0 Å². The Labute approximate surface area is 395 Å². The largest absolute Gasteiger partial charge is 0.459 e. The molecule has 0 saturated heterocycles. The van der Waals surface area contributed by atoms with Crippen molar-refractivity contribution in [3.05, 3.63) is 84.0 Å². The van der Waals surface area contributed by atoms with Crippen molar-refractivity contribution in [2.45, 2.75) is 161 Å². The van der Waals surface area contributed by atoms with Gasteiger partial charge in [-0.2, -0.15) is 0 Å². The van der Waals surface area contributed by atoms with Crippen LogP contribution in [-0.2, 0) is 20.9 Å². The zero-order valence-electron chi connectivity index (χ0n) is 40.8. The molecule has 3 N–H and O–H groups in total. The molecule has 12 nitrogen and oxygen atoms in total. The molecule has 1 heterocycles. The van der Waals surface area contributed by atoms with Crippen molar-refractivity contribution >= 4 is 17.9 Å². The van der Waals surface area contributed by atoms with Crippen LogP contribution in [0.5, 0.6) is 11.5 Å². The van der Waals surface area contributed by atoms with Crippen molar-refractivity contribution in [3.63, 3.8) is 0 Å². The van der Waals surface area contributed by atoms with Crippen LogP contribution >= 0.6 is 0 Å². The first-order valence-corrected chi connectivity index (χ1v) is 25.1. The first-order chi connectivity index (χ1) is 32.0. The molecule has 1 aliphatic heterocycles. The molecule has 0 bridgehead atoms. The fraction of sp³-hybridized carbons (Fsp3) is 0.648. The Bertz CT molecular complexity index is 1860. The molecule has 1 fully saturated rings. The zero-order valence-corrected chi connectivity index (χ0v) is 40.8. The number of hydrogen-bond acceptors (Lipinski definition) is 10. The fourth-order valence-corrected chi connectivity index (χ4v) is 10.0. The molecule has 5 rings (SSSR count). The summed E-state index contributed by atoms with van der Waals surface area (Å²) in [5, 5.41) is 27.7. The van der Waals surface area contributed by atoms with Crippen LogP contribution in [-0.4, -0.2) is 84.9 Å². The van der Waals surface area contributed by atoms with Crippen molar-refractivity contribution in [2.75, 3.05) is 40.0 Å². The van der Waals surface area contributed by atoms with Gasteiger partial charge in [-0.15, -0.1) is 6.58 Å². The van der Waals surface area contributed by atoms with E-state index in [1.165, 1.54) is 44.9 Å². The summed E-state index contributed by atoms with van der Waals surface area (Å²) in [6.45, 7) is 13.6. The molecule has 3 aliphatic rings. The lowest BCUT2D eigenvalue weighted by molar-refractivity contribution is -0.253. The number of rotatable bonds is 28. The molecule has 0 spiro atoms. The number of benzene rings is 2. The van der Waals surface area contributed by atoms with E-state index in [9.17, 15) is 19.8 Å². The molecule has 2 aromatic rings. The number of carbonyl (C=O) groups is 2. The first kappa shape index (κ1) is 52.6. The summed E-state index contributed by atoms with van der Waals surface area (Å²) >= 11 is 0. The maximum absolute atomic E-state index is 14.1. The second-order valence-electron chi connectivity index (χ2n) is 19.8. The molecule has 6 unspecified atom stereocenters. The quantitative estimate of drug-likeness (QED) is 0.0431. The highest BCUT2D eigenvalue weighted by atomic mass is 16.7. The Balaban J connectivity index is 1.53. The van der Waals surface area contributed by atoms with E-state index in [0.717, 1.165) is 61.6 Å². The SMILES string of the molecule is C=CCOC12Oc3ccc(OC(=O)NCCCCCCCCCCCC)cc3C3C(CCCCO)C(CCCCO)C=C(C(=NOCc4ccccc4)CC1N(C)C(=O)OCC(C)(C)C)C32. The maximum atomic E-state index is 14.1. The van der Waals surface area contributed by atoms with Crippen molar-refractivity contribution in [2.24, 2.45) is 28.3 Å². The minimum atomic E-state index is -1.42. The molecular formula is C54H81N3O9. The summed E-state index contributed by atoms with van der Waals surface area (Å²) in [5.41, 5.74) is 3.18. The number of hydrogen-bond donors (Lipinski definition) is 3. The Morgan fingerprint density at radius 3 is 2.27 bits per heavy atom. The number of nitrogens with zero attached hydrogens (tertiary/aromatic N) is 2. The number of likely N-dealkylation sites (N-methyl/N-ethyl adjacent to an activating group) is 1. The molecule has 1 saturated carbocycles. The van der Waals surface area contributed by atoms with Gasteiger partial charge in [0.25, 0.3) is 0 Å². The van der Waals surface area contributed by atoms with Gasteiger partial charge in [0.05, 0.1) is 24.8 Å². The van der Waals surface area contributed by atoms with Gasteiger partial charge < -0.3 is 44.2 Å². The van der Waals surface area contributed by atoms with E-state index < -0.39 is 29.9 Å². The smallest absolute Gasteiger partial charge is 0.412 e. The van der Waals surface area contributed by atoms with Crippen LogP contribution in [0.4, 0.5) is 9.59 Å². The minimum Gasteiger partial charge on any atom is -0.459 e. The van der Waals surface area contributed by atoms with Gasteiger partial charge in [0, 0.05) is 44.7 Å². The monoisotopic (exact) mass is 916 g/mol. The number of carbonyl (C=O) groups excluding carboxylic acids is 2. The third-order valence-electron chi connectivity index (χ3n) is 13.3. The van der Waals surface area contributed by atoms with Gasteiger partial charge in [0.2, 0.25) is 5.79 Å². The van der Waals surface area contributed by atoms with E-state index in [1.54, 1.807) is 24.1 Å². The van der Waals surface area contributed by atoms with Crippen molar-refractivity contribution < 1.29 is 43.6 Å². The number of amides is 2. The number of fused-ring (bicyclic) bond motifs is 2. The summed E-state index contributed by atoms with van der Waals surface area (Å²) in [6.07, 6.45) is 19.9. The number of aliphatic hydroxyl groups excluding tert-OH is 2. The van der Waals surface area contributed by atoms with E-state index in [-0.39, 0.29) is 62.6 Å². The van der Waals surface area contributed by atoms with Crippen molar-refractivity contribution in [1.82, 2.24) is 10.2 Å². The van der Waals surface area contributed by atoms with E-state index in [0.29, 0.717) is 36.6 Å². The third-order valence-corrected chi connectivity index (χ3v) is 13.3. The van der Waals surface area contributed by atoms with Gasteiger partial charge in [-0.25, -0.2) is 9.59 Å². The molecule has 66 heavy (non-hydrogen) atoms. The second kappa shape index (κ2) is 26.8. The highest BCUT2D eigenvalue weighted by molar-refractivity contribution is 6.03. The number of oxime groups is 1. The molecular weight excluding hydrogens is 835 g/mol. The highest BCUT2D eigenvalue weighted by Crippen LogP contribution is 2.62. The normalized spacial score (nSPS) is 22.6. The van der Waals surface area contributed by atoms with Crippen LogP contribution in [0.2, 0.25) is 0 Å². The number of ether oxygens (including phenoxy) is 4. The van der Waals surface area contributed by atoms with Crippen LogP contribution in [0.1, 0.15) is 154 Å². The van der Waals surface area contributed by atoms with E-state index >= 15 is 0 Å². The van der Waals surface area contributed by atoms with Gasteiger partial charge in [-0.05, 0) is 78.7 Å². The molecule has 2 aromatic carbocycles. The summed E-state index contributed by atoms with van der Waals surface area (Å²) in [4.78, 5) is 35.2. The average Bonchev–Trinajstić information content (AvgIpc) is 3.30. The number of allylic oxidation sites excluding steroid dienone is 1. The summed E-state index contributed by atoms with van der Waals surface area (Å²) in [6, 6.07) is 14.7. The summed E-state index contributed by atoms with van der Waals surface area (Å²) in [7, 11) is 1.73. The molecule has 2 amide bonds. The van der Waals surface area contributed by atoms with Gasteiger partial charge in [0.1, 0.15) is 24.1 Å². The Hall–Kier alpha value is -4.39. The molecule has 2 aliphatic carbocycles. The van der Waals surface area contributed by atoms with E-state index in [4.69, 9.17) is 28.9 Å². The third kappa shape index (κ3) is 14.8. The molecule has 366 valence electrons. The lowest BCUT2D eigenvalue weighted by Crippen LogP contribution is -2.69. The maximum Gasteiger partial charge on any atom is 0.412 e. The standard InChI is InChI=1S/C54H81N3O9/c1-7-9-10-11-12-13-14-15-16-22-31-55-51(60)65-42-29-30-47-45(36-42)49-43(28-21-24-33-59)41(27-20-23-32-58)35-44-46(56-64-38-40-25-18-17-19-26-40)37-48(54(66-47,50(44)49)63-34-8-2)57(6)52(61)62-39-53(3,4)5/h8,17-19,25-26,29-30,35-36,41,43,48-50,58-59H,2,7,9-16,20-24,27-28,31-34,37-39H2,1,3-6H3,(H,55,60). The van der Waals surface area contributed by atoms with Gasteiger partial charge in [-0.1, -0.05) is 146 Å². The molecule has 0 radical (unpaired) electrons. The predicted octanol–water partition coefficient (Wildman–Crippen LogP) is 11.6. The van der Waals surface area contributed by atoms with Crippen LogP contribution in [0, 0.1) is 23.2 Å². The van der Waals surface area contributed by atoms with Gasteiger partial charge in [0.15, 0.2) is 0 Å². The minimum absolute atomic E-state index is 0.0159. The average molecular weight is 916 g/mol. The Morgan fingerprint density at radius 1 is 0.924 bits per heavy atom. The van der Waals surface area contributed by atoms with Crippen molar-refractivity contribution in [1.29, 1.82) is 0 Å². The first-order valence-electron chi connectivity index (χ1n) is 25.1. The van der Waals surface area contributed by atoms with E-state index in [1.807, 2.05) is 63.2 Å². The Kier molecular flexibility index (Phi) is 21.4. The summed E-state index contributed by atoms with van der Waals surface area (Å²) in [5.74, 6) is -1.16. The number of aliphatic hydroxyl groups is 2. The zero-order chi connectivity index (χ0) is 47.4. The van der Waals surface area contributed by atoms with Crippen LogP contribution < -0.4 is 14.8 Å². The lowest BCUT2D eigenvalue weighted by Gasteiger charge is -2.59. The van der Waals surface area contributed by atoms with Gasteiger partial charge >= 0.3 is 12.2 Å². The van der Waals surface area contributed by atoms with Crippen molar-refractivity contribution in [3.8, 4) is 11.5 Å². The summed E-state index contributed by atoms with van der Waals surface area (Å²) < 4.78 is 26.2. The number of nitrogens with one attached hydrogen (secondary N) is 1. The van der Waals surface area contributed by atoms with Crippen LogP contribution in [0.3, 0.4) is 0 Å². The molecule has 0 aromatic heterocycles. The Morgan fingerprint density at radius 2 is 1.61 bits per heavy atom. The number of unbranched alkanes of at least 4 members (excludes halogenated alkanes) is 11. The second-order valence-corrected chi connectivity index (χ2v) is 19.8. The highest BCUT2D eigenvalue weighted by Gasteiger charge is 2.65. The predicted molar refractivity (Wildman–Crippen MR) is 261 cm³/mol. The van der Waals surface area contributed by atoms with E-state index in [2.05, 4.69) is 24.9 Å². The topological polar surface area (TPSA) is 148 Å². The molecule has 12 heteroatoms. The fourth-order valence-electron chi connectivity index (χ4n) is 10.0. The van der Waals surface area contributed by atoms with Crippen LogP contribution in [0.25, 0.3) is 0 Å².